The Morgan fingerprint density at radius 2 is 1.70 bits per heavy atom. The van der Waals surface area contributed by atoms with Gasteiger partial charge in [0.1, 0.15) is 12.4 Å². The fourth-order valence-corrected chi connectivity index (χ4v) is 4.59. The molecule has 0 atom stereocenters. The van der Waals surface area contributed by atoms with Gasteiger partial charge in [0, 0.05) is 11.0 Å². The first-order valence-corrected chi connectivity index (χ1v) is 12.5. The molecule has 0 N–H and O–H groups in total. The SMILES string of the molecule is CCCN1C(=O)/C(=C\c2ccc(OCc3ccc(Br)cc3)cc2)SC1=Nc1ccc(C)cc1. The van der Waals surface area contributed by atoms with Crippen LogP contribution in [0.15, 0.2) is 87.2 Å². The molecule has 1 saturated heterocycles. The van der Waals surface area contributed by atoms with Crippen LogP contribution in [0.5, 0.6) is 5.75 Å². The predicted octanol–water partition coefficient (Wildman–Crippen LogP) is 7.35. The van der Waals surface area contributed by atoms with Crippen LogP contribution >= 0.6 is 27.7 Å². The highest BCUT2D eigenvalue weighted by atomic mass is 79.9. The molecule has 0 aromatic heterocycles. The Hall–Kier alpha value is -2.83. The number of nitrogens with zero attached hydrogens (tertiary/aromatic N) is 2. The summed E-state index contributed by atoms with van der Waals surface area (Å²) in [5.41, 5.74) is 4.10. The molecule has 3 aromatic rings. The van der Waals surface area contributed by atoms with Crippen LogP contribution in [-0.2, 0) is 11.4 Å². The van der Waals surface area contributed by atoms with E-state index in [4.69, 9.17) is 9.73 Å². The zero-order valence-corrected chi connectivity index (χ0v) is 21.0. The minimum absolute atomic E-state index is 0.00303. The fourth-order valence-electron chi connectivity index (χ4n) is 3.30. The van der Waals surface area contributed by atoms with Gasteiger partial charge in [-0.25, -0.2) is 4.99 Å². The molecule has 1 amide bonds. The van der Waals surface area contributed by atoms with E-state index in [0.29, 0.717) is 18.1 Å². The minimum atomic E-state index is 0.00303. The third-order valence-corrected chi connectivity index (χ3v) is 6.63. The number of amidine groups is 1. The fraction of sp³-hybridized carbons (Fsp3) is 0.185. The molecule has 0 aliphatic carbocycles. The van der Waals surface area contributed by atoms with E-state index in [1.54, 1.807) is 4.90 Å². The lowest BCUT2D eigenvalue weighted by molar-refractivity contribution is -0.122. The summed E-state index contributed by atoms with van der Waals surface area (Å²) in [5, 5.41) is 0.728. The van der Waals surface area contributed by atoms with Gasteiger partial charge in [-0.3, -0.25) is 9.69 Å². The van der Waals surface area contributed by atoms with Crippen molar-refractivity contribution in [3.05, 3.63) is 98.9 Å². The molecule has 1 aliphatic rings. The molecule has 4 rings (SSSR count). The Balaban J connectivity index is 1.47. The molecule has 0 bridgehead atoms. The molecule has 1 heterocycles. The second kappa shape index (κ2) is 10.9. The van der Waals surface area contributed by atoms with Gasteiger partial charge in [0.2, 0.25) is 0 Å². The first kappa shape index (κ1) is 23.3. The highest BCUT2D eigenvalue weighted by Crippen LogP contribution is 2.34. The number of aliphatic imine (C=N–C) groups is 1. The van der Waals surface area contributed by atoms with Gasteiger partial charge in [0.05, 0.1) is 10.6 Å². The molecule has 4 nitrogen and oxygen atoms in total. The summed E-state index contributed by atoms with van der Waals surface area (Å²) >= 11 is 4.87. The third-order valence-electron chi connectivity index (χ3n) is 5.09. The summed E-state index contributed by atoms with van der Waals surface area (Å²) < 4.78 is 6.93. The van der Waals surface area contributed by atoms with Crippen LogP contribution in [-0.4, -0.2) is 22.5 Å². The van der Waals surface area contributed by atoms with Crippen LogP contribution in [0.3, 0.4) is 0 Å². The average Bonchev–Trinajstić information content (AvgIpc) is 3.10. The highest BCUT2D eigenvalue weighted by molar-refractivity contribution is 9.10. The monoisotopic (exact) mass is 520 g/mol. The standard InChI is InChI=1S/C27H25BrN2O2S/c1-3-16-30-26(31)25(33-27(30)29-23-12-4-19(2)5-13-23)17-20-8-14-24(15-9-20)32-18-21-6-10-22(28)11-7-21/h4-15,17H,3,16,18H2,1-2H3/b25-17+,29-27?. The zero-order valence-electron chi connectivity index (χ0n) is 18.6. The lowest BCUT2D eigenvalue weighted by Crippen LogP contribution is -2.29. The molecule has 1 aliphatic heterocycles. The van der Waals surface area contributed by atoms with Gasteiger partial charge < -0.3 is 4.74 Å². The molecule has 0 radical (unpaired) electrons. The van der Waals surface area contributed by atoms with Crippen LogP contribution in [0.1, 0.15) is 30.0 Å². The van der Waals surface area contributed by atoms with Crippen molar-refractivity contribution in [2.75, 3.05) is 6.54 Å². The summed E-state index contributed by atoms with van der Waals surface area (Å²) in [6.45, 7) is 5.27. The summed E-state index contributed by atoms with van der Waals surface area (Å²) in [5.74, 6) is 0.794. The van der Waals surface area contributed by atoms with Gasteiger partial charge in [-0.15, -0.1) is 0 Å². The Morgan fingerprint density at radius 1 is 1.00 bits per heavy atom. The number of ether oxygens (including phenoxy) is 1. The van der Waals surface area contributed by atoms with Crippen molar-refractivity contribution >= 4 is 50.5 Å². The maximum absolute atomic E-state index is 13.0. The maximum Gasteiger partial charge on any atom is 0.266 e. The van der Waals surface area contributed by atoms with Crippen LogP contribution in [0, 0.1) is 6.92 Å². The second-order valence-corrected chi connectivity index (χ2v) is 9.71. The number of aryl methyl sites for hydroxylation is 1. The lowest BCUT2D eigenvalue weighted by atomic mass is 10.2. The van der Waals surface area contributed by atoms with Crippen molar-refractivity contribution in [3.63, 3.8) is 0 Å². The molecule has 0 saturated carbocycles. The largest absolute Gasteiger partial charge is 0.489 e. The minimum Gasteiger partial charge on any atom is -0.489 e. The van der Waals surface area contributed by atoms with Crippen LogP contribution in [0.2, 0.25) is 0 Å². The Labute approximate surface area is 207 Å². The Bertz CT molecular complexity index is 1170. The van der Waals surface area contributed by atoms with Crippen LogP contribution in [0.25, 0.3) is 6.08 Å². The maximum atomic E-state index is 13.0. The molecular weight excluding hydrogens is 496 g/mol. The number of carbonyl (C=O) groups excluding carboxylic acids is 1. The number of benzene rings is 3. The van der Waals surface area contributed by atoms with Crippen molar-refractivity contribution in [1.29, 1.82) is 0 Å². The first-order valence-electron chi connectivity index (χ1n) is 10.9. The summed E-state index contributed by atoms with van der Waals surface area (Å²) in [7, 11) is 0. The van der Waals surface area contributed by atoms with Crippen molar-refractivity contribution in [2.24, 2.45) is 4.99 Å². The van der Waals surface area contributed by atoms with E-state index < -0.39 is 0 Å². The third kappa shape index (κ3) is 6.15. The van der Waals surface area contributed by atoms with E-state index in [9.17, 15) is 4.79 Å². The number of rotatable bonds is 7. The average molecular weight is 521 g/mol. The van der Waals surface area contributed by atoms with E-state index in [2.05, 4.69) is 22.9 Å². The first-order chi connectivity index (χ1) is 16.0. The Morgan fingerprint density at radius 3 is 2.36 bits per heavy atom. The van der Waals surface area contributed by atoms with Crippen molar-refractivity contribution in [1.82, 2.24) is 4.90 Å². The van der Waals surface area contributed by atoms with E-state index in [1.165, 1.54) is 17.3 Å². The summed E-state index contributed by atoms with van der Waals surface area (Å²) in [4.78, 5) is 20.2. The summed E-state index contributed by atoms with van der Waals surface area (Å²) in [6, 6.07) is 23.9. The van der Waals surface area contributed by atoms with Crippen molar-refractivity contribution < 1.29 is 9.53 Å². The quantitative estimate of drug-likeness (QED) is 0.305. The van der Waals surface area contributed by atoms with Crippen molar-refractivity contribution in [3.8, 4) is 5.75 Å². The molecule has 3 aromatic carbocycles. The molecule has 0 spiro atoms. The molecule has 1 fully saturated rings. The van der Waals surface area contributed by atoms with Gasteiger partial charge >= 0.3 is 0 Å². The lowest BCUT2D eigenvalue weighted by Gasteiger charge is -2.13. The molecule has 168 valence electrons. The van der Waals surface area contributed by atoms with Gasteiger partial charge in [-0.1, -0.05) is 64.8 Å². The molecule has 33 heavy (non-hydrogen) atoms. The van der Waals surface area contributed by atoms with E-state index in [0.717, 1.165) is 38.6 Å². The molecule has 6 heteroatoms. The van der Waals surface area contributed by atoms with E-state index >= 15 is 0 Å². The second-order valence-electron chi connectivity index (χ2n) is 7.78. The molecule has 0 unspecified atom stereocenters. The predicted molar refractivity (Wildman–Crippen MR) is 141 cm³/mol. The number of amides is 1. The number of hydrogen-bond acceptors (Lipinski definition) is 4. The summed E-state index contributed by atoms with van der Waals surface area (Å²) in [6.07, 6.45) is 2.79. The number of thioether (sulfide) groups is 1. The van der Waals surface area contributed by atoms with Crippen LogP contribution < -0.4 is 4.74 Å². The van der Waals surface area contributed by atoms with Gasteiger partial charge in [0.25, 0.3) is 5.91 Å². The highest BCUT2D eigenvalue weighted by Gasteiger charge is 2.32. The zero-order chi connectivity index (χ0) is 23.2. The van der Waals surface area contributed by atoms with Gasteiger partial charge in [-0.2, -0.15) is 0 Å². The van der Waals surface area contributed by atoms with Crippen LogP contribution in [0.4, 0.5) is 5.69 Å². The van der Waals surface area contributed by atoms with E-state index in [1.807, 2.05) is 85.8 Å². The van der Waals surface area contributed by atoms with Gasteiger partial charge in [-0.05, 0) is 78.7 Å². The van der Waals surface area contributed by atoms with Crippen molar-refractivity contribution in [2.45, 2.75) is 26.9 Å². The van der Waals surface area contributed by atoms with Gasteiger partial charge in [0.15, 0.2) is 5.17 Å². The Kier molecular flexibility index (Phi) is 7.68. The van der Waals surface area contributed by atoms with E-state index in [-0.39, 0.29) is 5.91 Å². The normalized spacial score (nSPS) is 16.1. The number of carbonyl (C=O) groups is 1. The number of hydrogen-bond donors (Lipinski definition) is 0. The molecular formula is C27H25BrN2O2S. The topological polar surface area (TPSA) is 41.9 Å². The number of halogens is 1. The smallest absolute Gasteiger partial charge is 0.266 e.